The Labute approximate surface area is 125 Å². The normalized spacial score (nSPS) is 7.73. The quantitative estimate of drug-likeness (QED) is 0.376. The van der Waals surface area contributed by atoms with Crippen LogP contribution in [0, 0.1) is 0 Å². The highest BCUT2D eigenvalue weighted by atomic mass is 16.4. The Bertz CT molecular complexity index is 419. The first-order valence-electron chi connectivity index (χ1n) is 5.25. The van der Waals surface area contributed by atoms with Crippen molar-refractivity contribution in [2.75, 3.05) is 0 Å². The van der Waals surface area contributed by atoms with E-state index < -0.39 is 30.0 Å². The average molecular weight is 318 g/mol. The summed E-state index contributed by atoms with van der Waals surface area (Å²) in [6, 6.07) is -3.16. The van der Waals surface area contributed by atoms with Gasteiger partial charge in [-0.25, -0.2) is 24.0 Å². The van der Waals surface area contributed by atoms with E-state index in [0.717, 1.165) is 0 Å². The first-order valence-corrected chi connectivity index (χ1v) is 5.25. The fourth-order valence-corrected chi connectivity index (χ4v) is 0.255. The third-order valence-corrected chi connectivity index (χ3v) is 1.20. The van der Waals surface area contributed by atoms with E-state index in [1.807, 2.05) is 0 Å². The number of rotatable bonds is 2. The average Bonchev–Trinajstić information content (AvgIpc) is 2.27. The molecule has 6 amide bonds. The number of carbonyl (C=O) groups is 5. The van der Waals surface area contributed by atoms with Crippen molar-refractivity contribution in [1.29, 1.82) is 0 Å². The van der Waals surface area contributed by atoms with Crippen LogP contribution in [0.4, 0.5) is 14.4 Å². The van der Waals surface area contributed by atoms with E-state index in [1.165, 1.54) is 13.8 Å². The molecule has 0 saturated carbocycles. The molecule has 11 nitrogen and oxygen atoms in total. The summed E-state index contributed by atoms with van der Waals surface area (Å²) in [7, 11) is 0. The Morgan fingerprint density at radius 2 is 0.955 bits per heavy atom. The van der Waals surface area contributed by atoms with Crippen LogP contribution in [0.5, 0.6) is 0 Å². The number of nitrogens with one attached hydrogen (secondary N) is 2. The van der Waals surface area contributed by atoms with Crippen molar-refractivity contribution in [2.45, 2.75) is 13.8 Å². The number of hydrogen-bond donors (Lipinski definition) is 6. The number of aliphatic carboxylic acids is 2. The van der Waals surface area contributed by atoms with Gasteiger partial charge in [0, 0.05) is 11.1 Å². The Balaban J connectivity index is -0.000000261. The summed E-state index contributed by atoms with van der Waals surface area (Å²) in [4.78, 5) is 49.2. The Morgan fingerprint density at radius 1 is 0.773 bits per heavy atom. The highest BCUT2D eigenvalue weighted by Crippen LogP contribution is 1.81. The second-order valence-corrected chi connectivity index (χ2v) is 3.48. The van der Waals surface area contributed by atoms with E-state index >= 15 is 0 Å². The standard InChI is InChI=1S/2C4H6O2.C3H6N4O3/c2*1-3(2)4(5)6;4-1(8)6-3(10)7-2(5)9/h2*1H2,2H3,(H,5,6);(H6,4,5,6,7,8,9,10). The molecule has 0 aromatic heterocycles. The lowest BCUT2D eigenvalue weighted by atomic mass is 10.4. The van der Waals surface area contributed by atoms with Crippen LogP contribution in [-0.2, 0) is 9.59 Å². The van der Waals surface area contributed by atoms with Crippen LogP contribution in [0.25, 0.3) is 0 Å². The van der Waals surface area contributed by atoms with Gasteiger partial charge in [-0.05, 0) is 13.8 Å². The summed E-state index contributed by atoms with van der Waals surface area (Å²) in [5.74, 6) is -1.87. The van der Waals surface area contributed by atoms with Gasteiger partial charge in [0.25, 0.3) is 0 Å². The van der Waals surface area contributed by atoms with Crippen LogP contribution in [0.3, 0.4) is 0 Å². The van der Waals surface area contributed by atoms with Crippen LogP contribution in [-0.4, -0.2) is 40.2 Å². The minimum absolute atomic E-state index is 0.176. The zero-order valence-electron chi connectivity index (χ0n) is 12.0. The van der Waals surface area contributed by atoms with Gasteiger partial charge in [0.1, 0.15) is 0 Å². The van der Waals surface area contributed by atoms with Crippen LogP contribution in [0.2, 0.25) is 0 Å². The van der Waals surface area contributed by atoms with Gasteiger partial charge in [0.05, 0.1) is 0 Å². The highest BCUT2D eigenvalue weighted by molar-refractivity contribution is 6.00. The minimum atomic E-state index is -1.06. The van der Waals surface area contributed by atoms with Crippen LogP contribution in [0.1, 0.15) is 13.8 Å². The molecule has 0 radical (unpaired) electrons. The molecule has 0 aliphatic carbocycles. The van der Waals surface area contributed by atoms with E-state index in [9.17, 15) is 24.0 Å². The predicted molar refractivity (Wildman–Crippen MR) is 75.7 cm³/mol. The number of carboxylic acid groups (broad SMARTS) is 2. The molecule has 0 fully saturated rings. The molecule has 0 bridgehead atoms. The zero-order chi connectivity index (χ0) is 18.5. The molecule has 124 valence electrons. The maximum atomic E-state index is 10.2. The van der Waals surface area contributed by atoms with E-state index in [-0.39, 0.29) is 11.1 Å². The Hall–Kier alpha value is -3.37. The summed E-state index contributed by atoms with van der Waals surface area (Å²) < 4.78 is 0. The lowest BCUT2D eigenvalue weighted by molar-refractivity contribution is -0.133. The summed E-state index contributed by atoms with van der Waals surface area (Å²) in [5.41, 5.74) is 9.36. The second-order valence-electron chi connectivity index (χ2n) is 3.48. The maximum absolute atomic E-state index is 10.2. The number of carbonyl (C=O) groups excluding carboxylic acids is 3. The predicted octanol–water partition coefficient (Wildman–Crippen LogP) is -0.263. The van der Waals surface area contributed by atoms with Gasteiger partial charge in [-0.3, -0.25) is 10.6 Å². The molecule has 0 aromatic carbocycles. The monoisotopic (exact) mass is 318 g/mol. The van der Waals surface area contributed by atoms with Gasteiger partial charge in [-0.2, -0.15) is 0 Å². The molecule has 22 heavy (non-hydrogen) atoms. The van der Waals surface area contributed by atoms with E-state index in [2.05, 4.69) is 24.6 Å². The molecule has 0 aromatic rings. The van der Waals surface area contributed by atoms with Crippen molar-refractivity contribution in [3.8, 4) is 0 Å². The molecule has 0 spiro atoms. The summed E-state index contributed by atoms with van der Waals surface area (Å²) >= 11 is 0. The number of primary amides is 2. The largest absolute Gasteiger partial charge is 0.478 e. The van der Waals surface area contributed by atoms with Gasteiger partial charge < -0.3 is 21.7 Å². The number of carboxylic acids is 2. The Morgan fingerprint density at radius 3 is 1.05 bits per heavy atom. The fraction of sp³-hybridized carbons (Fsp3) is 0.182. The van der Waals surface area contributed by atoms with Gasteiger partial charge in [-0.15, -0.1) is 0 Å². The van der Waals surface area contributed by atoms with E-state index in [1.54, 1.807) is 10.6 Å². The first kappa shape index (κ1) is 23.7. The lowest BCUT2D eigenvalue weighted by Gasteiger charge is -1.97. The van der Waals surface area contributed by atoms with E-state index in [0.29, 0.717) is 0 Å². The van der Waals surface area contributed by atoms with Crippen LogP contribution in [0.15, 0.2) is 24.3 Å². The van der Waals surface area contributed by atoms with Crippen molar-refractivity contribution in [2.24, 2.45) is 11.5 Å². The second kappa shape index (κ2) is 12.7. The number of amides is 6. The van der Waals surface area contributed by atoms with Crippen molar-refractivity contribution in [1.82, 2.24) is 10.6 Å². The lowest BCUT2D eigenvalue weighted by Crippen LogP contribution is -2.46. The molecule has 0 aliphatic heterocycles. The third-order valence-electron chi connectivity index (χ3n) is 1.20. The highest BCUT2D eigenvalue weighted by Gasteiger charge is 2.03. The topological polar surface area (TPSA) is 202 Å². The summed E-state index contributed by atoms with van der Waals surface area (Å²) in [5, 5.41) is 18.9. The van der Waals surface area contributed by atoms with Crippen molar-refractivity contribution in [3.63, 3.8) is 0 Å². The molecule has 0 saturated heterocycles. The first-order chi connectivity index (χ1) is 9.81. The van der Waals surface area contributed by atoms with Gasteiger partial charge in [-0.1, -0.05) is 13.2 Å². The van der Waals surface area contributed by atoms with Crippen LogP contribution >= 0.6 is 0 Å². The SMILES string of the molecule is C=C(C)C(=O)O.C=C(C)C(=O)O.NC(=O)NC(=O)NC(N)=O. The van der Waals surface area contributed by atoms with Crippen molar-refractivity contribution in [3.05, 3.63) is 24.3 Å². The van der Waals surface area contributed by atoms with Crippen LogP contribution < -0.4 is 22.1 Å². The summed E-state index contributed by atoms with van der Waals surface area (Å²) in [6.07, 6.45) is 0. The van der Waals surface area contributed by atoms with Gasteiger partial charge >= 0.3 is 30.0 Å². The smallest absolute Gasteiger partial charge is 0.330 e. The number of nitrogens with two attached hydrogens (primary N) is 2. The van der Waals surface area contributed by atoms with Crippen molar-refractivity contribution < 1.29 is 34.2 Å². The summed E-state index contributed by atoms with van der Waals surface area (Å²) in [6.45, 7) is 9.20. The molecular weight excluding hydrogens is 300 g/mol. The molecule has 8 N–H and O–H groups in total. The van der Waals surface area contributed by atoms with Crippen molar-refractivity contribution >= 4 is 30.0 Å². The molecule has 11 heteroatoms. The molecule has 0 aliphatic rings. The molecule has 0 unspecified atom stereocenters. The zero-order valence-corrected chi connectivity index (χ0v) is 12.0. The molecule has 0 atom stereocenters. The fourth-order valence-electron chi connectivity index (χ4n) is 0.255. The molecule has 0 heterocycles. The van der Waals surface area contributed by atoms with E-state index in [4.69, 9.17) is 10.2 Å². The maximum Gasteiger partial charge on any atom is 0.330 e. The Kier molecular flexibility index (Phi) is 13.6. The van der Waals surface area contributed by atoms with Gasteiger partial charge in [0.15, 0.2) is 0 Å². The molecule has 0 rings (SSSR count). The van der Waals surface area contributed by atoms with Gasteiger partial charge in [0.2, 0.25) is 0 Å². The number of hydrogen-bond acceptors (Lipinski definition) is 5. The molecular formula is C11H18N4O7. The number of urea groups is 3. The third kappa shape index (κ3) is 25.5. The number of imide groups is 2. The minimum Gasteiger partial charge on any atom is -0.478 e.